The predicted octanol–water partition coefficient (Wildman–Crippen LogP) is 5.82. The lowest BCUT2D eigenvalue weighted by Gasteiger charge is -2.24. The highest BCUT2D eigenvalue weighted by molar-refractivity contribution is 6.51. The molecule has 3 aromatic rings. The molecule has 2 aromatic carbocycles. The number of Topliss-reactive ketones (excluding diaryl/α,β-unsaturated/α-hetero) is 1. The summed E-state index contributed by atoms with van der Waals surface area (Å²) < 4.78 is 5.62. The molecule has 0 radical (unpaired) electrons. The molecule has 1 aliphatic rings. The van der Waals surface area contributed by atoms with Crippen LogP contribution in [0.3, 0.4) is 0 Å². The third-order valence-corrected chi connectivity index (χ3v) is 5.93. The zero-order chi connectivity index (χ0) is 23.2. The van der Waals surface area contributed by atoms with Gasteiger partial charge >= 0.3 is 0 Å². The monoisotopic (exact) mass is 429 g/mol. The molecule has 164 valence electrons. The van der Waals surface area contributed by atoms with Crippen molar-refractivity contribution in [3.8, 4) is 0 Å². The molecule has 1 aromatic heterocycles. The van der Waals surface area contributed by atoms with E-state index < -0.39 is 17.7 Å². The first-order valence-corrected chi connectivity index (χ1v) is 10.6. The van der Waals surface area contributed by atoms with E-state index in [2.05, 4.69) is 20.8 Å². The van der Waals surface area contributed by atoms with Crippen molar-refractivity contribution in [2.75, 3.05) is 4.90 Å². The summed E-state index contributed by atoms with van der Waals surface area (Å²) in [6.07, 6.45) is 1.50. The second kappa shape index (κ2) is 7.83. The summed E-state index contributed by atoms with van der Waals surface area (Å²) in [5.41, 5.74) is 3.86. The second-order valence-corrected chi connectivity index (χ2v) is 9.30. The van der Waals surface area contributed by atoms with E-state index in [1.807, 2.05) is 44.2 Å². The molecule has 0 aliphatic carbocycles. The number of aliphatic hydroxyl groups is 1. The molecule has 0 bridgehead atoms. The minimum Gasteiger partial charge on any atom is -0.507 e. The Morgan fingerprint density at radius 3 is 2.28 bits per heavy atom. The fraction of sp³-hybridized carbons (Fsp3) is 0.259. The van der Waals surface area contributed by atoms with Gasteiger partial charge in [0, 0.05) is 11.3 Å². The summed E-state index contributed by atoms with van der Waals surface area (Å²) >= 11 is 0. The first kappa shape index (κ1) is 21.6. The zero-order valence-electron chi connectivity index (χ0n) is 19.0. The van der Waals surface area contributed by atoms with Crippen molar-refractivity contribution in [3.05, 3.63) is 94.4 Å². The Kier molecular flexibility index (Phi) is 5.29. The van der Waals surface area contributed by atoms with Crippen LogP contribution in [-0.2, 0) is 15.0 Å². The van der Waals surface area contributed by atoms with E-state index in [-0.39, 0.29) is 16.7 Å². The van der Waals surface area contributed by atoms with Gasteiger partial charge in [-0.1, -0.05) is 50.6 Å². The number of hydrogen-bond donors (Lipinski definition) is 1. The number of benzene rings is 2. The molecule has 1 aliphatic heterocycles. The standard InChI is InChI=1S/C27H27NO4/c1-16-8-12-19(13-9-16)28-23(21-7-6-14-32-21)22(25(30)26(28)31)24(29)20-15-18(27(3,4)5)11-10-17(20)2/h6-15,23,29H,1-5H3/b24-22+. The topological polar surface area (TPSA) is 70.8 Å². The first-order valence-electron chi connectivity index (χ1n) is 10.6. The van der Waals surface area contributed by atoms with Gasteiger partial charge in [0.2, 0.25) is 0 Å². The molecule has 1 atom stereocenters. The molecule has 1 N–H and O–H groups in total. The lowest BCUT2D eigenvalue weighted by atomic mass is 9.84. The number of hydrogen-bond acceptors (Lipinski definition) is 4. The van der Waals surface area contributed by atoms with Gasteiger partial charge in [0.05, 0.1) is 11.8 Å². The summed E-state index contributed by atoms with van der Waals surface area (Å²) in [6, 6.07) is 15.7. The average Bonchev–Trinajstić information content (AvgIpc) is 3.35. The highest BCUT2D eigenvalue weighted by atomic mass is 16.3. The Morgan fingerprint density at radius 2 is 1.69 bits per heavy atom. The predicted molar refractivity (Wildman–Crippen MR) is 125 cm³/mol. The minimum atomic E-state index is -0.856. The Labute approximate surface area is 188 Å². The van der Waals surface area contributed by atoms with E-state index in [1.165, 1.54) is 11.2 Å². The summed E-state index contributed by atoms with van der Waals surface area (Å²) in [5.74, 6) is -1.20. The van der Waals surface area contributed by atoms with Crippen LogP contribution in [0.15, 0.2) is 70.9 Å². The van der Waals surface area contributed by atoms with Gasteiger partial charge in [-0.05, 0) is 60.7 Å². The molecule has 1 unspecified atom stereocenters. The van der Waals surface area contributed by atoms with E-state index in [4.69, 9.17) is 4.42 Å². The molecule has 32 heavy (non-hydrogen) atoms. The minimum absolute atomic E-state index is 0.0275. The van der Waals surface area contributed by atoms with Crippen LogP contribution in [0.25, 0.3) is 5.76 Å². The van der Waals surface area contributed by atoms with Gasteiger partial charge in [-0.3, -0.25) is 14.5 Å². The second-order valence-electron chi connectivity index (χ2n) is 9.30. The third kappa shape index (κ3) is 3.64. The van der Waals surface area contributed by atoms with Crippen molar-refractivity contribution in [3.63, 3.8) is 0 Å². The molecule has 5 nitrogen and oxygen atoms in total. The molecule has 4 rings (SSSR count). The SMILES string of the molecule is Cc1ccc(N2C(=O)C(=O)/C(=C(/O)c3cc(C(C)(C)C)ccc3C)C2c2ccco2)cc1. The maximum Gasteiger partial charge on any atom is 0.300 e. The molecule has 2 heterocycles. The number of carbonyl (C=O) groups excluding carboxylic acids is 2. The lowest BCUT2D eigenvalue weighted by molar-refractivity contribution is -0.132. The van der Waals surface area contributed by atoms with Gasteiger partial charge in [-0.2, -0.15) is 0 Å². The van der Waals surface area contributed by atoms with Gasteiger partial charge in [0.15, 0.2) is 0 Å². The largest absolute Gasteiger partial charge is 0.507 e. The number of rotatable bonds is 3. The van der Waals surface area contributed by atoms with Crippen LogP contribution < -0.4 is 4.90 Å². The molecule has 0 spiro atoms. The van der Waals surface area contributed by atoms with Crippen molar-refractivity contribution in [1.29, 1.82) is 0 Å². The van der Waals surface area contributed by atoms with Crippen molar-refractivity contribution in [1.82, 2.24) is 0 Å². The van der Waals surface area contributed by atoms with E-state index >= 15 is 0 Å². The normalized spacial score (nSPS) is 18.4. The average molecular weight is 430 g/mol. The summed E-state index contributed by atoms with van der Waals surface area (Å²) in [4.78, 5) is 27.8. The van der Waals surface area contributed by atoms with Crippen LogP contribution in [0.4, 0.5) is 5.69 Å². The summed E-state index contributed by atoms with van der Waals surface area (Å²) in [5, 5.41) is 11.4. The van der Waals surface area contributed by atoms with Crippen LogP contribution in [-0.4, -0.2) is 16.8 Å². The number of anilines is 1. The molecular formula is C27H27NO4. The smallest absolute Gasteiger partial charge is 0.300 e. The maximum atomic E-state index is 13.2. The zero-order valence-corrected chi connectivity index (χ0v) is 19.0. The van der Waals surface area contributed by atoms with Crippen LogP contribution >= 0.6 is 0 Å². The number of furan rings is 1. The lowest BCUT2D eigenvalue weighted by Crippen LogP contribution is -2.29. The first-order chi connectivity index (χ1) is 15.1. The number of aryl methyl sites for hydroxylation is 2. The van der Waals surface area contributed by atoms with Gasteiger partial charge in [-0.15, -0.1) is 0 Å². The Balaban J connectivity index is 1.94. The number of ketones is 1. The molecule has 5 heteroatoms. The Bertz CT molecular complexity index is 1210. The van der Waals surface area contributed by atoms with Crippen LogP contribution in [0.2, 0.25) is 0 Å². The third-order valence-electron chi connectivity index (χ3n) is 5.93. The van der Waals surface area contributed by atoms with E-state index in [9.17, 15) is 14.7 Å². The van der Waals surface area contributed by atoms with E-state index in [1.54, 1.807) is 24.3 Å². The highest BCUT2D eigenvalue weighted by Crippen LogP contribution is 2.43. The van der Waals surface area contributed by atoms with Crippen molar-refractivity contribution in [2.24, 2.45) is 0 Å². The molecule has 1 saturated heterocycles. The molecule has 1 fully saturated rings. The number of amides is 1. The highest BCUT2D eigenvalue weighted by Gasteiger charge is 2.48. The molecular weight excluding hydrogens is 402 g/mol. The molecule has 1 amide bonds. The number of carbonyl (C=O) groups is 2. The van der Waals surface area contributed by atoms with Crippen LogP contribution in [0.5, 0.6) is 0 Å². The van der Waals surface area contributed by atoms with Gasteiger partial charge in [-0.25, -0.2) is 0 Å². The van der Waals surface area contributed by atoms with Crippen molar-refractivity contribution < 1.29 is 19.1 Å². The van der Waals surface area contributed by atoms with Crippen LogP contribution in [0, 0.1) is 13.8 Å². The van der Waals surface area contributed by atoms with Gasteiger partial charge in [0.25, 0.3) is 11.7 Å². The van der Waals surface area contributed by atoms with E-state index in [0.29, 0.717) is 17.0 Å². The fourth-order valence-electron chi connectivity index (χ4n) is 4.01. The number of aliphatic hydroxyl groups excluding tert-OH is 1. The Hall–Kier alpha value is -3.60. The maximum absolute atomic E-state index is 13.2. The van der Waals surface area contributed by atoms with Gasteiger partial charge in [0.1, 0.15) is 17.6 Å². The van der Waals surface area contributed by atoms with Crippen molar-refractivity contribution in [2.45, 2.75) is 46.1 Å². The fourth-order valence-corrected chi connectivity index (χ4v) is 4.01. The van der Waals surface area contributed by atoms with Gasteiger partial charge < -0.3 is 9.52 Å². The van der Waals surface area contributed by atoms with E-state index in [0.717, 1.165) is 16.7 Å². The number of nitrogens with zero attached hydrogens (tertiary/aromatic N) is 1. The molecule has 0 saturated carbocycles. The van der Waals surface area contributed by atoms with Crippen molar-refractivity contribution >= 4 is 23.1 Å². The quantitative estimate of drug-likeness (QED) is 0.323. The van der Waals surface area contributed by atoms with Crippen LogP contribution in [0.1, 0.15) is 54.8 Å². The summed E-state index contributed by atoms with van der Waals surface area (Å²) in [7, 11) is 0. The Morgan fingerprint density at radius 1 is 1.00 bits per heavy atom. The summed E-state index contributed by atoms with van der Waals surface area (Å²) in [6.45, 7) is 10.1.